The summed E-state index contributed by atoms with van der Waals surface area (Å²) in [6.07, 6.45) is 0.622. The highest BCUT2D eigenvalue weighted by Gasteiger charge is 2.30. The number of benzene rings is 3. The van der Waals surface area contributed by atoms with E-state index in [0.29, 0.717) is 59.3 Å². The fourth-order valence-electron chi connectivity index (χ4n) is 5.32. The SMILES string of the molecule is COc1ccc2c(c1)C(c1ccc(Cl)cc1)=N[C@@H](CC(=O)NCCCNC(=O)c1ccc(C[Si](C)(C)O)cc1)c1nnc(C)n1-2. The summed E-state index contributed by atoms with van der Waals surface area (Å²) in [5.41, 5.74) is 4.79. The van der Waals surface area contributed by atoms with Crippen molar-refractivity contribution in [1.29, 1.82) is 0 Å². The van der Waals surface area contributed by atoms with E-state index in [4.69, 9.17) is 21.3 Å². The summed E-state index contributed by atoms with van der Waals surface area (Å²) in [6.45, 7) is 6.44. The second-order valence-corrected chi connectivity index (χ2v) is 16.1. The van der Waals surface area contributed by atoms with E-state index in [1.165, 1.54) is 0 Å². The number of hydrogen-bond acceptors (Lipinski definition) is 7. The minimum Gasteiger partial charge on any atom is -0.497 e. The predicted octanol–water partition coefficient (Wildman–Crippen LogP) is 4.74. The molecule has 1 aromatic heterocycles. The number of nitrogens with zero attached hydrogens (tertiary/aromatic N) is 4. The number of amides is 2. The summed E-state index contributed by atoms with van der Waals surface area (Å²) >= 11 is 6.18. The average molecular weight is 645 g/mol. The number of rotatable bonds is 11. The van der Waals surface area contributed by atoms with Crippen LogP contribution in [0.4, 0.5) is 0 Å². The fraction of sp³-hybridized carbons (Fsp3) is 0.303. The van der Waals surface area contributed by atoms with Crippen LogP contribution in [0.25, 0.3) is 5.69 Å². The number of fused-ring (bicyclic) bond motifs is 3. The van der Waals surface area contributed by atoms with Crippen LogP contribution in [0.3, 0.4) is 0 Å². The van der Waals surface area contributed by atoms with Crippen LogP contribution in [0.2, 0.25) is 18.1 Å². The molecule has 0 saturated heterocycles. The highest BCUT2D eigenvalue weighted by Crippen LogP contribution is 2.34. The monoisotopic (exact) mass is 644 g/mol. The summed E-state index contributed by atoms with van der Waals surface area (Å²) in [6, 6.07) is 20.5. The maximum Gasteiger partial charge on any atom is 0.251 e. The van der Waals surface area contributed by atoms with Gasteiger partial charge in [-0.25, -0.2) is 0 Å². The Morgan fingerprint density at radius 2 is 1.71 bits per heavy atom. The number of aliphatic imine (C=N–C) groups is 1. The van der Waals surface area contributed by atoms with Crippen molar-refractivity contribution < 1.29 is 19.1 Å². The molecular formula is C33H37ClN6O4Si. The van der Waals surface area contributed by atoms with E-state index in [0.717, 1.165) is 22.4 Å². The van der Waals surface area contributed by atoms with Crippen LogP contribution in [-0.4, -0.2) is 65.6 Å². The number of methoxy groups -OCH3 is 1. The van der Waals surface area contributed by atoms with Gasteiger partial charge in [0.1, 0.15) is 17.6 Å². The lowest BCUT2D eigenvalue weighted by Crippen LogP contribution is -2.30. The fourth-order valence-corrected chi connectivity index (χ4v) is 6.68. The number of aryl methyl sites for hydroxylation is 1. The van der Waals surface area contributed by atoms with Gasteiger partial charge in [0.25, 0.3) is 5.91 Å². The molecule has 3 aromatic carbocycles. The van der Waals surface area contributed by atoms with Gasteiger partial charge in [-0.1, -0.05) is 35.9 Å². The molecular weight excluding hydrogens is 608 g/mol. The van der Waals surface area contributed by atoms with Crippen LogP contribution in [0.15, 0.2) is 71.7 Å². The molecule has 2 heterocycles. The summed E-state index contributed by atoms with van der Waals surface area (Å²) < 4.78 is 7.46. The van der Waals surface area contributed by atoms with Crippen molar-refractivity contribution in [2.24, 2.45) is 4.99 Å². The highest BCUT2D eigenvalue weighted by molar-refractivity contribution is 6.69. The zero-order valence-electron chi connectivity index (χ0n) is 25.8. The van der Waals surface area contributed by atoms with Gasteiger partial charge < -0.3 is 20.2 Å². The third-order valence-electron chi connectivity index (χ3n) is 7.44. The molecule has 0 unspecified atom stereocenters. The van der Waals surface area contributed by atoms with Crippen molar-refractivity contribution in [3.8, 4) is 11.4 Å². The first-order valence-electron chi connectivity index (χ1n) is 14.8. The second-order valence-electron chi connectivity index (χ2n) is 11.7. The molecule has 10 nitrogen and oxygen atoms in total. The van der Waals surface area contributed by atoms with E-state index in [1.807, 2.05) is 79.2 Å². The number of aromatic nitrogens is 3. The Hall–Kier alpha value is -4.32. The Labute approximate surface area is 268 Å². The van der Waals surface area contributed by atoms with Crippen molar-refractivity contribution >= 4 is 37.4 Å². The van der Waals surface area contributed by atoms with Crippen molar-refractivity contribution in [2.45, 2.75) is 44.9 Å². The first-order valence-corrected chi connectivity index (χ1v) is 18.4. The van der Waals surface area contributed by atoms with Crippen LogP contribution < -0.4 is 15.4 Å². The lowest BCUT2D eigenvalue weighted by atomic mass is 10.00. The average Bonchev–Trinajstić information content (AvgIpc) is 3.33. The molecule has 45 heavy (non-hydrogen) atoms. The van der Waals surface area contributed by atoms with Crippen LogP contribution >= 0.6 is 11.6 Å². The molecule has 0 saturated carbocycles. The summed E-state index contributed by atoms with van der Waals surface area (Å²) in [5.74, 6) is 1.56. The quantitative estimate of drug-likeness (QED) is 0.160. The second kappa shape index (κ2) is 13.8. The Morgan fingerprint density at radius 1 is 1.00 bits per heavy atom. The number of carbonyl (C=O) groups excluding carboxylic acids is 2. The highest BCUT2D eigenvalue weighted by atomic mass is 35.5. The maximum absolute atomic E-state index is 13.2. The van der Waals surface area contributed by atoms with Crippen LogP contribution in [0, 0.1) is 6.92 Å². The molecule has 3 N–H and O–H groups in total. The van der Waals surface area contributed by atoms with E-state index < -0.39 is 14.4 Å². The minimum absolute atomic E-state index is 0.0621. The van der Waals surface area contributed by atoms with Crippen LogP contribution in [0.5, 0.6) is 5.75 Å². The molecule has 0 bridgehead atoms. The molecule has 1 aliphatic heterocycles. The summed E-state index contributed by atoms with van der Waals surface area (Å²) in [7, 11) is -0.598. The number of hydrogen-bond donors (Lipinski definition) is 3. The van der Waals surface area contributed by atoms with Crippen molar-refractivity contribution in [3.05, 3.63) is 106 Å². The van der Waals surface area contributed by atoms with Crippen molar-refractivity contribution in [1.82, 2.24) is 25.4 Å². The van der Waals surface area contributed by atoms with E-state index in [-0.39, 0.29) is 18.2 Å². The standard InChI is InChI=1S/C33H37ClN6O4Si/c1-21-38-39-32-28(19-30(41)35-16-5-17-36-33(42)24-8-6-22(7-9-24)20-45(3,4)43)37-31(23-10-12-25(34)13-11-23)27-18-26(44-2)14-15-29(27)40(21)32/h6-15,18,28,43H,5,16-17,19-20H2,1-4H3,(H,35,41)(H,36,42)/t28-/m0/s1. The third-order valence-corrected chi connectivity index (χ3v) is 8.97. The smallest absolute Gasteiger partial charge is 0.251 e. The van der Waals surface area contributed by atoms with E-state index in [1.54, 1.807) is 19.2 Å². The third kappa shape index (κ3) is 7.86. The number of carbonyl (C=O) groups is 2. The van der Waals surface area contributed by atoms with E-state index in [2.05, 4.69) is 20.8 Å². The topological polar surface area (TPSA) is 131 Å². The Morgan fingerprint density at radius 3 is 2.40 bits per heavy atom. The first-order chi connectivity index (χ1) is 21.5. The van der Waals surface area contributed by atoms with Gasteiger partial charge in [-0.3, -0.25) is 19.1 Å². The molecule has 0 spiro atoms. The van der Waals surface area contributed by atoms with Gasteiger partial charge in [-0.05, 0) is 80.5 Å². The van der Waals surface area contributed by atoms with Crippen LogP contribution in [0.1, 0.15) is 57.6 Å². The minimum atomic E-state index is -2.21. The zero-order chi connectivity index (χ0) is 32.1. The zero-order valence-corrected chi connectivity index (χ0v) is 27.6. The molecule has 234 valence electrons. The molecule has 1 aliphatic rings. The van der Waals surface area contributed by atoms with E-state index in [9.17, 15) is 14.4 Å². The molecule has 12 heteroatoms. The summed E-state index contributed by atoms with van der Waals surface area (Å²) in [5, 5.41) is 15.2. The van der Waals surface area contributed by atoms with Gasteiger partial charge >= 0.3 is 0 Å². The van der Waals surface area contributed by atoms with Crippen molar-refractivity contribution in [2.75, 3.05) is 20.2 Å². The van der Waals surface area contributed by atoms with E-state index >= 15 is 0 Å². The van der Waals surface area contributed by atoms with Gasteiger partial charge in [0.15, 0.2) is 14.1 Å². The lowest BCUT2D eigenvalue weighted by molar-refractivity contribution is -0.121. The maximum atomic E-state index is 13.2. The van der Waals surface area contributed by atoms with Crippen LogP contribution in [-0.2, 0) is 10.8 Å². The number of nitrogens with one attached hydrogen (secondary N) is 2. The van der Waals surface area contributed by atoms with Gasteiger partial charge in [0.2, 0.25) is 5.91 Å². The van der Waals surface area contributed by atoms with Gasteiger partial charge in [-0.2, -0.15) is 0 Å². The van der Waals surface area contributed by atoms with Gasteiger partial charge in [0, 0.05) is 34.8 Å². The molecule has 0 radical (unpaired) electrons. The molecule has 0 fully saturated rings. The molecule has 2 amide bonds. The largest absolute Gasteiger partial charge is 0.497 e. The lowest BCUT2D eigenvalue weighted by Gasteiger charge is -2.14. The van der Waals surface area contributed by atoms with Crippen molar-refractivity contribution in [3.63, 3.8) is 0 Å². The number of halogens is 1. The molecule has 5 rings (SSSR count). The van der Waals surface area contributed by atoms with Gasteiger partial charge in [0.05, 0.1) is 24.9 Å². The molecule has 0 aliphatic carbocycles. The Kier molecular flexibility index (Phi) is 9.81. The Balaban J connectivity index is 1.25. The molecule has 4 aromatic rings. The summed E-state index contributed by atoms with van der Waals surface area (Å²) in [4.78, 5) is 41.0. The number of ether oxygens (including phenoxy) is 1. The first kappa shape index (κ1) is 32.1. The predicted molar refractivity (Wildman–Crippen MR) is 177 cm³/mol. The molecule has 1 atom stereocenters. The Bertz CT molecular complexity index is 1710. The normalized spacial score (nSPS) is 14.1. The van der Waals surface area contributed by atoms with Gasteiger partial charge in [-0.15, -0.1) is 10.2 Å².